The van der Waals surface area contributed by atoms with Gasteiger partial charge in [0.1, 0.15) is 0 Å². The minimum atomic E-state index is -0.111. The van der Waals surface area contributed by atoms with E-state index in [0.29, 0.717) is 12.1 Å². The number of aryl methyl sites for hydroxylation is 1. The quantitative estimate of drug-likeness (QED) is 0.879. The van der Waals surface area contributed by atoms with E-state index in [4.69, 9.17) is 4.52 Å². The number of hydrogen-bond acceptors (Lipinski definition) is 5. The Bertz CT molecular complexity index is 393. The van der Waals surface area contributed by atoms with Crippen LogP contribution in [0, 0.1) is 0 Å². The zero-order valence-corrected chi connectivity index (χ0v) is 10.9. The van der Waals surface area contributed by atoms with E-state index < -0.39 is 0 Å². The fourth-order valence-electron chi connectivity index (χ4n) is 3.34. The first-order chi connectivity index (χ1) is 8.76. The molecule has 0 spiro atoms. The molecular weight excluding hydrogens is 230 g/mol. The van der Waals surface area contributed by atoms with Crippen LogP contribution in [0.4, 0.5) is 0 Å². The van der Waals surface area contributed by atoms with Gasteiger partial charge in [-0.1, -0.05) is 12.1 Å². The van der Waals surface area contributed by atoms with Gasteiger partial charge in [0.15, 0.2) is 5.82 Å². The Morgan fingerprint density at radius 1 is 1.33 bits per heavy atom. The lowest BCUT2D eigenvalue weighted by Gasteiger charge is -2.36. The molecule has 0 aromatic carbocycles. The third kappa shape index (κ3) is 2.29. The minimum absolute atomic E-state index is 0.111. The van der Waals surface area contributed by atoms with Crippen LogP contribution in [0.5, 0.6) is 0 Å². The van der Waals surface area contributed by atoms with Gasteiger partial charge in [-0.2, -0.15) is 4.98 Å². The first-order valence-corrected chi connectivity index (χ1v) is 7.01. The lowest BCUT2D eigenvalue weighted by molar-refractivity contribution is 0.0293. The Balaban J connectivity index is 1.65. The van der Waals surface area contributed by atoms with Gasteiger partial charge < -0.3 is 9.63 Å². The minimum Gasteiger partial charge on any atom is -0.393 e. The maximum absolute atomic E-state index is 9.77. The Morgan fingerprint density at radius 2 is 2.06 bits per heavy atom. The topological polar surface area (TPSA) is 62.4 Å². The van der Waals surface area contributed by atoms with E-state index >= 15 is 0 Å². The summed E-state index contributed by atoms with van der Waals surface area (Å²) in [7, 11) is 0. The van der Waals surface area contributed by atoms with Crippen molar-refractivity contribution < 1.29 is 9.63 Å². The molecule has 2 bridgehead atoms. The van der Waals surface area contributed by atoms with Crippen LogP contribution in [0.3, 0.4) is 0 Å². The van der Waals surface area contributed by atoms with E-state index in [2.05, 4.69) is 22.0 Å². The van der Waals surface area contributed by atoms with E-state index in [9.17, 15) is 5.11 Å². The largest absolute Gasteiger partial charge is 0.393 e. The monoisotopic (exact) mass is 251 g/mol. The van der Waals surface area contributed by atoms with E-state index in [1.165, 1.54) is 12.8 Å². The van der Waals surface area contributed by atoms with Gasteiger partial charge in [-0.15, -0.1) is 0 Å². The van der Waals surface area contributed by atoms with Crippen molar-refractivity contribution in [2.75, 3.05) is 0 Å². The molecule has 100 valence electrons. The highest BCUT2D eigenvalue weighted by molar-refractivity contribution is 4.98. The first-order valence-electron chi connectivity index (χ1n) is 7.01. The molecule has 0 radical (unpaired) electrons. The normalized spacial score (nSPS) is 32.0. The SMILES string of the molecule is CCCc1nc(CN2C3CCC2CC(O)C3)no1. The van der Waals surface area contributed by atoms with Gasteiger partial charge in [0.25, 0.3) is 0 Å². The van der Waals surface area contributed by atoms with Gasteiger partial charge in [0, 0.05) is 18.5 Å². The predicted octanol–water partition coefficient (Wildman–Crippen LogP) is 1.51. The summed E-state index contributed by atoms with van der Waals surface area (Å²) in [5, 5.41) is 13.8. The Labute approximate surface area is 107 Å². The number of rotatable bonds is 4. The molecule has 2 fully saturated rings. The van der Waals surface area contributed by atoms with E-state index in [1.54, 1.807) is 0 Å². The number of aromatic nitrogens is 2. The molecule has 1 aromatic rings. The van der Waals surface area contributed by atoms with Gasteiger partial charge in [0.2, 0.25) is 5.89 Å². The molecule has 18 heavy (non-hydrogen) atoms. The zero-order valence-electron chi connectivity index (χ0n) is 10.9. The predicted molar refractivity (Wildman–Crippen MR) is 65.9 cm³/mol. The van der Waals surface area contributed by atoms with E-state index in [-0.39, 0.29) is 6.10 Å². The highest BCUT2D eigenvalue weighted by Gasteiger charge is 2.40. The van der Waals surface area contributed by atoms with Gasteiger partial charge in [-0.3, -0.25) is 4.90 Å². The molecule has 5 heteroatoms. The third-order valence-corrected chi connectivity index (χ3v) is 4.16. The van der Waals surface area contributed by atoms with Crippen LogP contribution in [-0.4, -0.2) is 38.3 Å². The van der Waals surface area contributed by atoms with Crippen molar-refractivity contribution in [1.82, 2.24) is 15.0 Å². The highest BCUT2D eigenvalue weighted by Crippen LogP contribution is 2.36. The number of nitrogens with zero attached hydrogens (tertiary/aromatic N) is 3. The molecule has 1 N–H and O–H groups in total. The summed E-state index contributed by atoms with van der Waals surface area (Å²) in [4.78, 5) is 6.88. The number of aliphatic hydroxyl groups is 1. The zero-order chi connectivity index (χ0) is 12.5. The van der Waals surface area contributed by atoms with Crippen molar-refractivity contribution in [1.29, 1.82) is 0 Å². The van der Waals surface area contributed by atoms with E-state index in [1.807, 2.05) is 0 Å². The third-order valence-electron chi connectivity index (χ3n) is 4.16. The summed E-state index contributed by atoms with van der Waals surface area (Å²) in [6.45, 7) is 2.88. The van der Waals surface area contributed by atoms with Crippen molar-refractivity contribution >= 4 is 0 Å². The number of aliphatic hydroxyl groups excluding tert-OH is 1. The fourth-order valence-corrected chi connectivity index (χ4v) is 3.34. The molecule has 2 unspecified atom stereocenters. The fraction of sp³-hybridized carbons (Fsp3) is 0.846. The number of hydrogen-bond donors (Lipinski definition) is 1. The smallest absolute Gasteiger partial charge is 0.226 e. The van der Waals surface area contributed by atoms with Crippen molar-refractivity contribution in [3.8, 4) is 0 Å². The Kier molecular flexibility index (Phi) is 3.35. The molecule has 5 nitrogen and oxygen atoms in total. The van der Waals surface area contributed by atoms with Crippen LogP contribution in [0.1, 0.15) is 50.7 Å². The lowest BCUT2D eigenvalue weighted by atomic mass is 10.00. The van der Waals surface area contributed by atoms with Crippen LogP contribution >= 0.6 is 0 Å². The van der Waals surface area contributed by atoms with E-state index in [0.717, 1.165) is 43.9 Å². The van der Waals surface area contributed by atoms with Crippen LogP contribution in [0.15, 0.2) is 4.52 Å². The summed E-state index contributed by atoms with van der Waals surface area (Å²) in [6, 6.07) is 1.01. The molecule has 2 atom stereocenters. The summed E-state index contributed by atoms with van der Waals surface area (Å²) >= 11 is 0. The molecule has 2 saturated heterocycles. The number of piperidine rings is 1. The molecule has 2 aliphatic rings. The molecule has 0 amide bonds. The molecule has 0 saturated carbocycles. The van der Waals surface area contributed by atoms with Crippen molar-refractivity contribution in [3.05, 3.63) is 11.7 Å². The summed E-state index contributed by atoms with van der Waals surface area (Å²) in [5.41, 5.74) is 0. The van der Waals surface area contributed by atoms with Crippen molar-refractivity contribution in [3.63, 3.8) is 0 Å². The average Bonchev–Trinajstić information content (AvgIpc) is 2.85. The highest BCUT2D eigenvalue weighted by atomic mass is 16.5. The second kappa shape index (κ2) is 4.97. The average molecular weight is 251 g/mol. The maximum atomic E-state index is 9.77. The Morgan fingerprint density at radius 3 is 2.72 bits per heavy atom. The van der Waals surface area contributed by atoms with Gasteiger partial charge in [0.05, 0.1) is 12.6 Å². The van der Waals surface area contributed by atoms with Crippen molar-refractivity contribution in [2.24, 2.45) is 0 Å². The number of fused-ring (bicyclic) bond motifs is 2. The molecular formula is C13H21N3O2. The molecule has 3 rings (SSSR count). The molecule has 3 heterocycles. The standard InChI is InChI=1S/C13H21N3O2/c1-2-3-13-14-12(15-18-13)8-16-9-4-5-10(16)7-11(17)6-9/h9-11,17H,2-8H2,1H3. The second-order valence-electron chi connectivity index (χ2n) is 5.54. The Hall–Kier alpha value is -0.940. The summed E-state index contributed by atoms with van der Waals surface area (Å²) in [5.74, 6) is 1.55. The molecule has 2 aliphatic heterocycles. The van der Waals surface area contributed by atoms with Gasteiger partial charge in [-0.25, -0.2) is 0 Å². The van der Waals surface area contributed by atoms with Gasteiger partial charge >= 0.3 is 0 Å². The van der Waals surface area contributed by atoms with Crippen LogP contribution < -0.4 is 0 Å². The second-order valence-corrected chi connectivity index (χ2v) is 5.54. The summed E-state index contributed by atoms with van der Waals surface area (Å²) < 4.78 is 5.22. The first kappa shape index (κ1) is 12.1. The molecule has 1 aromatic heterocycles. The van der Waals surface area contributed by atoms with Crippen LogP contribution in [0.2, 0.25) is 0 Å². The van der Waals surface area contributed by atoms with Gasteiger partial charge in [-0.05, 0) is 32.1 Å². The maximum Gasteiger partial charge on any atom is 0.226 e. The lowest BCUT2D eigenvalue weighted by Crippen LogP contribution is -2.44. The molecule has 0 aliphatic carbocycles. The van der Waals surface area contributed by atoms with Crippen LogP contribution in [-0.2, 0) is 13.0 Å². The summed E-state index contributed by atoms with van der Waals surface area (Å²) in [6.07, 6.45) is 5.97. The van der Waals surface area contributed by atoms with Crippen molar-refractivity contribution in [2.45, 2.75) is 70.2 Å². The van der Waals surface area contributed by atoms with Crippen LogP contribution in [0.25, 0.3) is 0 Å².